The summed E-state index contributed by atoms with van der Waals surface area (Å²) in [6.45, 7) is 0. The number of nitrogens with zero attached hydrogens (tertiary/aromatic N) is 1. The zero-order chi connectivity index (χ0) is 12.6. The zero-order valence-corrected chi connectivity index (χ0v) is 10.4. The Labute approximate surface area is 112 Å². The molecule has 0 saturated heterocycles. The molecule has 1 N–H and O–H groups in total. The summed E-state index contributed by atoms with van der Waals surface area (Å²) in [4.78, 5) is 9.87. The van der Waals surface area contributed by atoms with Gasteiger partial charge < -0.3 is 9.66 Å². The molecule has 0 heterocycles. The van der Waals surface area contributed by atoms with E-state index >= 15 is 0 Å². The minimum Gasteiger partial charge on any atom is -0.744 e. The van der Waals surface area contributed by atoms with Crippen molar-refractivity contribution in [2.75, 3.05) is 0 Å². The smallest absolute Gasteiger partial charge is 0.152 e. The number of fused-ring (bicyclic) bond motifs is 1. The fourth-order valence-corrected chi connectivity index (χ4v) is 2.29. The van der Waals surface area contributed by atoms with Gasteiger partial charge in [0.15, 0.2) is 11.4 Å². The Morgan fingerprint density at radius 2 is 1.72 bits per heavy atom. The van der Waals surface area contributed by atoms with E-state index in [1.807, 2.05) is 0 Å². The Morgan fingerprint density at radius 1 is 1.17 bits per heavy atom. The fraction of sp³-hybridized carbons (Fsp3) is 0. The number of hydrogen-bond acceptors (Lipinski definition) is 6. The number of phenols is 1. The van der Waals surface area contributed by atoms with E-state index in [2.05, 4.69) is 5.18 Å². The first-order valence-electron chi connectivity index (χ1n) is 4.49. The van der Waals surface area contributed by atoms with Crippen LogP contribution in [0.25, 0.3) is 10.8 Å². The summed E-state index contributed by atoms with van der Waals surface area (Å²) >= 11 is 0. The summed E-state index contributed by atoms with van der Waals surface area (Å²) in [6, 6.07) is 6.59. The van der Waals surface area contributed by atoms with Crippen LogP contribution in [-0.4, -0.2) is 18.1 Å². The minimum atomic E-state index is -4.74. The Kier molecular flexibility index (Phi) is 4.06. The van der Waals surface area contributed by atoms with Crippen LogP contribution in [0, 0.1) is 4.91 Å². The van der Waals surface area contributed by atoms with E-state index in [9.17, 15) is 23.0 Å². The molecular weight excluding hydrogens is 305 g/mol. The van der Waals surface area contributed by atoms with Gasteiger partial charge in [0, 0.05) is 27.3 Å². The van der Waals surface area contributed by atoms with E-state index < -0.39 is 26.5 Å². The van der Waals surface area contributed by atoms with E-state index in [0.29, 0.717) is 0 Å². The second kappa shape index (κ2) is 5.01. The van der Waals surface area contributed by atoms with Gasteiger partial charge in [0.05, 0.1) is 4.90 Å². The largest absolute Gasteiger partial charge is 0.744 e. The van der Waals surface area contributed by atoms with Crippen molar-refractivity contribution >= 4 is 26.6 Å². The topological polar surface area (TPSA) is 107 Å². The second-order valence-electron chi connectivity index (χ2n) is 3.33. The van der Waals surface area contributed by atoms with Gasteiger partial charge >= 0.3 is 0 Å². The van der Waals surface area contributed by atoms with Gasteiger partial charge in [0.2, 0.25) is 0 Å². The van der Waals surface area contributed by atoms with Crippen LogP contribution in [0.3, 0.4) is 0 Å². The first kappa shape index (κ1) is 14.6. The van der Waals surface area contributed by atoms with Gasteiger partial charge in [0.1, 0.15) is 10.1 Å². The van der Waals surface area contributed by atoms with E-state index in [1.54, 1.807) is 0 Å². The number of benzene rings is 2. The Bertz CT molecular complexity index is 714. The monoisotopic (exact) mass is 310 g/mol. The minimum absolute atomic E-state index is 0. The zero-order valence-electron chi connectivity index (χ0n) is 8.64. The summed E-state index contributed by atoms with van der Waals surface area (Å²) in [5, 5.41) is 12.3. The van der Waals surface area contributed by atoms with Gasteiger partial charge in [0.25, 0.3) is 0 Å². The summed E-state index contributed by atoms with van der Waals surface area (Å²) < 4.78 is 33.1. The van der Waals surface area contributed by atoms with Crippen LogP contribution in [0.1, 0.15) is 0 Å². The van der Waals surface area contributed by atoms with Crippen molar-refractivity contribution in [2.45, 2.75) is 4.90 Å². The molecule has 0 saturated carbocycles. The molecule has 98 valence electrons. The van der Waals surface area contributed by atoms with Gasteiger partial charge in [-0.15, -0.1) is 4.91 Å². The van der Waals surface area contributed by atoms with Crippen LogP contribution in [0.5, 0.6) is 5.75 Å². The molecule has 0 fully saturated rings. The normalized spacial score (nSPS) is 10.9. The van der Waals surface area contributed by atoms with Crippen LogP contribution >= 0.6 is 0 Å². The van der Waals surface area contributed by atoms with E-state index in [4.69, 9.17) is 0 Å². The molecule has 0 amide bonds. The molecule has 0 bridgehead atoms. The molecule has 2 aromatic rings. The summed E-state index contributed by atoms with van der Waals surface area (Å²) in [5.74, 6) is -0.442. The molecule has 2 aromatic carbocycles. The molecule has 0 aliphatic heterocycles. The van der Waals surface area contributed by atoms with Gasteiger partial charge in [-0.05, 0) is 11.2 Å². The quantitative estimate of drug-likeness (QED) is 0.517. The number of nitroso groups, excluding NO2 is 1. The average molecular weight is 311 g/mol. The predicted molar refractivity (Wildman–Crippen MR) is 59.0 cm³/mol. The summed E-state index contributed by atoms with van der Waals surface area (Å²) in [6.07, 6.45) is 0. The van der Waals surface area contributed by atoms with E-state index in [-0.39, 0.29) is 27.3 Å². The van der Waals surface area contributed by atoms with Gasteiger partial charge in [-0.25, -0.2) is 8.42 Å². The summed E-state index contributed by atoms with van der Waals surface area (Å²) in [5.41, 5.74) is -0.474. The van der Waals surface area contributed by atoms with Crippen LogP contribution in [0.4, 0.5) is 5.69 Å². The molecule has 0 aromatic heterocycles. The van der Waals surface area contributed by atoms with Crippen molar-refractivity contribution in [2.24, 2.45) is 5.18 Å². The third kappa shape index (κ3) is 2.36. The molecular formula is C10H6NNiO5S-. The molecule has 0 unspecified atom stereocenters. The molecule has 6 nitrogen and oxygen atoms in total. The third-order valence-corrected chi connectivity index (χ3v) is 3.20. The van der Waals surface area contributed by atoms with Crippen LogP contribution in [0.15, 0.2) is 40.4 Å². The number of hydrogen-bond donors (Lipinski definition) is 1. The maximum absolute atomic E-state index is 11.0. The number of aromatic hydroxyl groups is 1. The standard InChI is InChI=1S/C10H7NO5S.Ni/c12-10-7-4-2-1-3-6(7)9(17(14,15)16)5-8(10)11-13;/h1-5,12H,(H,14,15,16);/p-1. The van der Waals surface area contributed by atoms with Crippen LogP contribution in [-0.2, 0) is 26.6 Å². The van der Waals surface area contributed by atoms with Crippen molar-refractivity contribution in [3.8, 4) is 5.75 Å². The van der Waals surface area contributed by atoms with E-state index in [0.717, 1.165) is 6.07 Å². The predicted octanol–water partition coefficient (Wildman–Crippen LogP) is 1.84. The first-order valence-corrected chi connectivity index (χ1v) is 5.90. The maximum atomic E-state index is 11.0. The van der Waals surface area contributed by atoms with Crippen LogP contribution in [0.2, 0.25) is 0 Å². The number of rotatable bonds is 2. The van der Waals surface area contributed by atoms with Crippen molar-refractivity contribution in [1.82, 2.24) is 0 Å². The second-order valence-corrected chi connectivity index (χ2v) is 4.68. The first-order chi connectivity index (χ1) is 7.95. The Hall–Kier alpha value is -1.50. The fourth-order valence-electron chi connectivity index (χ4n) is 1.59. The van der Waals surface area contributed by atoms with Crippen LogP contribution < -0.4 is 0 Å². The molecule has 0 aliphatic rings. The third-order valence-electron chi connectivity index (χ3n) is 2.33. The molecule has 2 rings (SSSR count). The molecule has 0 atom stereocenters. The van der Waals surface area contributed by atoms with Crippen molar-refractivity contribution in [3.05, 3.63) is 35.2 Å². The van der Waals surface area contributed by atoms with Crippen molar-refractivity contribution in [1.29, 1.82) is 0 Å². The van der Waals surface area contributed by atoms with Gasteiger partial charge in [-0.1, -0.05) is 24.3 Å². The molecule has 18 heavy (non-hydrogen) atoms. The molecule has 0 radical (unpaired) electrons. The van der Waals surface area contributed by atoms with E-state index in [1.165, 1.54) is 24.3 Å². The number of phenolic OH excluding ortho intramolecular Hbond substituents is 1. The van der Waals surface area contributed by atoms with Crippen molar-refractivity contribution in [3.63, 3.8) is 0 Å². The summed E-state index contributed by atoms with van der Waals surface area (Å²) in [7, 11) is -4.74. The Balaban J connectivity index is 0.00000162. The average Bonchev–Trinajstić information content (AvgIpc) is 2.28. The molecule has 0 aliphatic carbocycles. The molecule has 8 heteroatoms. The van der Waals surface area contributed by atoms with Gasteiger partial charge in [-0.3, -0.25) is 0 Å². The van der Waals surface area contributed by atoms with Crippen molar-refractivity contribution < 1.29 is 34.6 Å². The molecule has 0 spiro atoms. The maximum Gasteiger partial charge on any atom is 0.152 e. The van der Waals surface area contributed by atoms with Gasteiger partial charge in [-0.2, -0.15) is 0 Å². The Morgan fingerprint density at radius 3 is 2.22 bits per heavy atom. The SMILES string of the molecule is O=Nc1cc(S(=O)(=O)[O-])c2ccccc2c1O.[Ni].